The highest BCUT2D eigenvalue weighted by molar-refractivity contribution is 5.69. The summed E-state index contributed by atoms with van der Waals surface area (Å²) in [5.74, 6) is -0.554. The van der Waals surface area contributed by atoms with Crippen LogP contribution in [-0.2, 0) is 25.6 Å². The van der Waals surface area contributed by atoms with Crippen molar-refractivity contribution in [3.63, 3.8) is 0 Å². The molecule has 10 nitrogen and oxygen atoms in total. The van der Waals surface area contributed by atoms with Crippen molar-refractivity contribution in [2.45, 2.75) is 59.0 Å². The van der Waals surface area contributed by atoms with Gasteiger partial charge in [-0.15, -0.1) is 0 Å². The van der Waals surface area contributed by atoms with Crippen molar-refractivity contribution in [2.24, 2.45) is 0 Å². The maximum atomic E-state index is 11.6. The summed E-state index contributed by atoms with van der Waals surface area (Å²) in [6, 6.07) is 8.11. The number of hydrogen-bond donors (Lipinski definition) is 2. The topological polar surface area (TPSA) is 114 Å². The first-order valence-corrected chi connectivity index (χ1v) is 13.1. The molecule has 0 spiro atoms. The number of piperazine rings is 1. The number of aromatic hydroxyl groups is 2. The van der Waals surface area contributed by atoms with Crippen LogP contribution < -0.4 is 9.64 Å². The Morgan fingerprint density at radius 1 is 0.895 bits per heavy atom. The Morgan fingerprint density at radius 2 is 1.45 bits per heavy atom. The Bertz CT molecular complexity index is 1130. The second-order valence-corrected chi connectivity index (χ2v) is 9.89. The third kappa shape index (κ3) is 6.07. The SMILES string of the molecule is CC(=O)OC1C=CC(OC(C)=O)c2c1c(O)n(CCCN1CCN(c3ccccc3OC(C)C)CC1)c2O. The van der Waals surface area contributed by atoms with Crippen molar-refractivity contribution in [3.05, 3.63) is 47.5 Å². The monoisotopic (exact) mass is 527 g/mol. The van der Waals surface area contributed by atoms with Gasteiger partial charge in [0.1, 0.15) is 5.75 Å². The summed E-state index contributed by atoms with van der Waals surface area (Å²) in [4.78, 5) is 27.9. The van der Waals surface area contributed by atoms with Gasteiger partial charge in [0.15, 0.2) is 12.2 Å². The molecule has 0 radical (unpaired) electrons. The molecule has 2 unspecified atom stereocenters. The number of fused-ring (bicyclic) bond motifs is 1. The standard InChI is InChI=1S/C28H37N3O7/c1-18(2)36-22-9-6-5-8-21(22)30-16-14-29(15-17-30)12-7-13-31-27(34)25-23(37-19(3)32)10-11-24(38-20(4)33)26(25)28(31)35/h5-6,8-11,18,23-24,34-35H,7,12-17H2,1-4H3. The van der Waals surface area contributed by atoms with E-state index in [4.69, 9.17) is 14.2 Å². The van der Waals surface area contributed by atoms with Crippen molar-refractivity contribution in [2.75, 3.05) is 37.6 Å². The van der Waals surface area contributed by atoms with E-state index in [9.17, 15) is 19.8 Å². The molecule has 2 atom stereocenters. The van der Waals surface area contributed by atoms with Crippen LogP contribution in [0.1, 0.15) is 57.5 Å². The van der Waals surface area contributed by atoms with Crippen molar-refractivity contribution in [1.29, 1.82) is 0 Å². The molecule has 206 valence electrons. The van der Waals surface area contributed by atoms with E-state index in [2.05, 4.69) is 15.9 Å². The van der Waals surface area contributed by atoms with E-state index in [1.807, 2.05) is 32.0 Å². The number of aromatic nitrogens is 1. The first kappa shape index (κ1) is 27.4. The van der Waals surface area contributed by atoms with Crippen LogP contribution in [-0.4, -0.2) is 70.4 Å². The van der Waals surface area contributed by atoms with Crippen LogP contribution in [0.25, 0.3) is 0 Å². The fourth-order valence-electron chi connectivity index (χ4n) is 5.09. The maximum Gasteiger partial charge on any atom is 0.303 e. The Kier molecular flexibility index (Phi) is 8.51. The highest BCUT2D eigenvalue weighted by atomic mass is 16.6. The molecule has 2 aromatic rings. The summed E-state index contributed by atoms with van der Waals surface area (Å²) >= 11 is 0. The minimum absolute atomic E-state index is 0.106. The number of nitrogens with zero attached hydrogens (tertiary/aromatic N) is 3. The molecule has 2 heterocycles. The van der Waals surface area contributed by atoms with Crippen molar-refractivity contribution < 1.29 is 34.0 Å². The average Bonchev–Trinajstić information content (AvgIpc) is 3.11. The number of carbonyl (C=O) groups is 2. The molecular weight excluding hydrogens is 490 g/mol. The molecule has 38 heavy (non-hydrogen) atoms. The van der Waals surface area contributed by atoms with Gasteiger partial charge in [0.2, 0.25) is 11.8 Å². The third-order valence-electron chi connectivity index (χ3n) is 6.70. The number of carbonyl (C=O) groups excluding carboxylic acids is 2. The molecule has 0 amide bonds. The van der Waals surface area contributed by atoms with Gasteiger partial charge in [-0.25, -0.2) is 0 Å². The molecule has 1 aromatic heterocycles. The third-order valence-corrected chi connectivity index (χ3v) is 6.70. The average molecular weight is 528 g/mol. The summed E-state index contributed by atoms with van der Waals surface area (Å²) in [5.41, 5.74) is 1.58. The van der Waals surface area contributed by atoms with Crippen molar-refractivity contribution >= 4 is 17.6 Å². The fraction of sp³-hybridized carbons (Fsp3) is 0.500. The van der Waals surface area contributed by atoms with Crippen LogP contribution in [0.5, 0.6) is 17.5 Å². The van der Waals surface area contributed by atoms with Gasteiger partial charge in [-0.05, 0) is 51.1 Å². The lowest BCUT2D eigenvalue weighted by molar-refractivity contribution is -0.147. The summed E-state index contributed by atoms with van der Waals surface area (Å²) in [6.45, 7) is 11.2. The Labute approximate surface area is 223 Å². The van der Waals surface area contributed by atoms with E-state index in [0.717, 1.165) is 44.2 Å². The van der Waals surface area contributed by atoms with Crippen LogP contribution >= 0.6 is 0 Å². The first-order chi connectivity index (χ1) is 18.2. The van der Waals surface area contributed by atoms with Gasteiger partial charge in [0.05, 0.1) is 22.9 Å². The zero-order chi connectivity index (χ0) is 27.4. The van der Waals surface area contributed by atoms with E-state index in [0.29, 0.717) is 13.0 Å². The Morgan fingerprint density at radius 3 is 1.97 bits per heavy atom. The number of hydrogen-bond acceptors (Lipinski definition) is 9. The van der Waals surface area contributed by atoms with Gasteiger partial charge in [-0.2, -0.15) is 0 Å². The maximum absolute atomic E-state index is 11.6. The molecule has 10 heteroatoms. The van der Waals surface area contributed by atoms with E-state index >= 15 is 0 Å². The highest BCUT2D eigenvalue weighted by Gasteiger charge is 2.36. The number of rotatable bonds is 9. The summed E-state index contributed by atoms with van der Waals surface area (Å²) in [6.07, 6.45) is 2.12. The molecule has 1 aliphatic carbocycles. The van der Waals surface area contributed by atoms with Crippen LogP contribution in [0.2, 0.25) is 0 Å². The van der Waals surface area contributed by atoms with Gasteiger partial charge < -0.3 is 29.3 Å². The molecule has 1 saturated heterocycles. The molecule has 2 N–H and O–H groups in total. The summed E-state index contributed by atoms with van der Waals surface area (Å²) in [7, 11) is 0. The van der Waals surface area contributed by atoms with E-state index in [-0.39, 0.29) is 29.0 Å². The Balaban J connectivity index is 1.39. The lowest BCUT2D eigenvalue weighted by Crippen LogP contribution is -2.46. The van der Waals surface area contributed by atoms with Gasteiger partial charge in [-0.3, -0.25) is 19.1 Å². The molecule has 0 saturated carbocycles. The zero-order valence-corrected chi connectivity index (χ0v) is 22.4. The number of para-hydroxylation sites is 2. The second-order valence-electron chi connectivity index (χ2n) is 9.89. The predicted octanol–water partition coefficient (Wildman–Crippen LogP) is 3.68. The van der Waals surface area contributed by atoms with Crippen molar-refractivity contribution in [3.8, 4) is 17.5 Å². The number of benzene rings is 1. The van der Waals surface area contributed by atoms with Crippen LogP contribution in [0, 0.1) is 0 Å². The van der Waals surface area contributed by atoms with Crippen molar-refractivity contribution in [1.82, 2.24) is 9.47 Å². The smallest absolute Gasteiger partial charge is 0.303 e. The molecule has 0 bridgehead atoms. The molecule has 2 aliphatic rings. The molecule has 1 aliphatic heterocycles. The highest BCUT2D eigenvalue weighted by Crippen LogP contribution is 2.47. The van der Waals surface area contributed by atoms with Gasteiger partial charge in [0, 0.05) is 46.6 Å². The van der Waals surface area contributed by atoms with Gasteiger partial charge in [0.25, 0.3) is 0 Å². The van der Waals surface area contributed by atoms with Crippen LogP contribution in [0.4, 0.5) is 5.69 Å². The van der Waals surface area contributed by atoms with E-state index in [1.165, 1.54) is 18.4 Å². The largest absolute Gasteiger partial charge is 0.494 e. The normalized spacial score (nSPS) is 19.3. The molecule has 4 rings (SSSR count). The fourth-order valence-corrected chi connectivity index (χ4v) is 5.09. The molecular formula is C28H37N3O7. The predicted molar refractivity (Wildman–Crippen MR) is 141 cm³/mol. The number of ether oxygens (including phenoxy) is 3. The van der Waals surface area contributed by atoms with E-state index in [1.54, 1.807) is 12.2 Å². The van der Waals surface area contributed by atoms with Gasteiger partial charge in [-0.1, -0.05) is 12.1 Å². The Hall–Kier alpha value is -3.66. The summed E-state index contributed by atoms with van der Waals surface area (Å²) in [5, 5.41) is 22.0. The van der Waals surface area contributed by atoms with Crippen LogP contribution in [0.15, 0.2) is 36.4 Å². The molecule has 1 aromatic carbocycles. The minimum atomic E-state index is -0.878. The zero-order valence-electron chi connectivity index (χ0n) is 22.4. The summed E-state index contributed by atoms with van der Waals surface area (Å²) < 4.78 is 18.0. The molecule has 1 fully saturated rings. The van der Waals surface area contributed by atoms with Gasteiger partial charge >= 0.3 is 11.9 Å². The second kappa shape index (κ2) is 11.8. The first-order valence-electron chi connectivity index (χ1n) is 13.1. The lowest BCUT2D eigenvalue weighted by Gasteiger charge is -2.37. The lowest BCUT2D eigenvalue weighted by atomic mass is 9.96. The minimum Gasteiger partial charge on any atom is -0.494 e. The number of anilines is 1. The van der Waals surface area contributed by atoms with E-state index < -0.39 is 24.1 Å². The quantitative estimate of drug-likeness (QED) is 0.372. The van der Waals surface area contributed by atoms with Crippen LogP contribution in [0.3, 0.4) is 0 Å². The number of esters is 2.